The summed E-state index contributed by atoms with van der Waals surface area (Å²) in [5.74, 6) is 0.685. The molecule has 0 spiro atoms. The van der Waals surface area contributed by atoms with Crippen molar-refractivity contribution in [3.05, 3.63) is 194 Å². The summed E-state index contributed by atoms with van der Waals surface area (Å²) in [5.41, 5.74) is 13.1. The van der Waals surface area contributed by atoms with Crippen molar-refractivity contribution in [1.29, 1.82) is 0 Å². The molecule has 0 aliphatic rings. The maximum absolute atomic E-state index is 7.01. The summed E-state index contributed by atoms with van der Waals surface area (Å²) in [6.45, 7) is 0. The van der Waals surface area contributed by atoms with Crippen LogP contribution in [0.15, 0.2) is 199 Å². The smallest absolute Gasteiger partial charge is 0.160 e. The molecule has 0 saturated carbocycles. The van der Waals surface area contributed by atoms with Gasteiger partial charge in [0.2, 0.25) is 0 Å². The summed E-state index contributed by atoms with van der Waals surface area (Å²) in [4.78, 5) is 10.1. The molecule has 0 amide bonds. The molecule has 4 aromatic heterocycles. The first-order valence-corrected chi connectivity index (χ1v) is 19.3. The molecule has 12 rings (SSSR count). The average molecular weight is 729 g/mol. The first kappa shape index (κ1) is 31.6. The molecule has 0 fully saturated rings. The quantitative estimate of drug-likeness (QED) is 0.177. The van der Waals surface area contributed by atoms with Crippen LogP contribution in [0.5, 0.6) is 0 Å². The Bertz CT molecular complexity index is 3450. The van der Waals surface area contributed by atoms with Crippen LogP contribution < -0.4 is 0 Å². The van der Waals surface area contributed by atoms with E-state index in [2.05, 4.69) is 167 Å². The highest BCUT2D eigenvalue weighted by Gasteiger charge is 2.23. The van der Waals surface area contributed by atoms with E-state index in [1.165, 1.54) is 32.6 Å². The molecule has 0 aliphatic carbocycles. The first-order chi connectivity index (χ1) is 28.3. The third-order valence-corrected chi connectivity index (χ3v) is 11.3. The fourth-order valence-corrected chi connectivity index (χ4v) is 8.78. The Labute approximate surface area is 327 Å². The van der Waals surface area contributed by atoms with Crippen LogP contribution >= 0.6 is 0 Å². The third-order valence-electron chi connectivity index (χ3n) is 11.3. The van der Waals surface area contributed by atoms with E-state index in [1.807, 2.05) is 36.4 Å². The van der Waals surface area contributed by atoms with Gasteiger partial charge >= 0.3 is 0 Å². The summed E-state index contributed by atoms with van der Waals surface area (Å²) in [6.07, 6.45) is 0. The zero-order chi connectivity index (χ0) is 37.5. The number of furan rings is 1. The van der Waals surface area contributed by atoms with E-state index in [9.17, 15) is 0 Å². The Kier molecular flexibility index (Phi) is 6.86. The van der Waals surface area contributed by atoms with E-state index < -0.39 is 0 Å². The minimum atomic E-state index is 0.685. The van der Waals surface area contributed by atoms with E-state index in [0.717, 1.165) is 72.4 Å². The van der Waals surface area contributed by atoms with E-state index in [0.29, 0.717) is 5.82 Å². The highest BCUT2D eigenvalue weighted by molar-refractivity contribution is 6.24. The number of rotatable bonds is 5. The second kappa shape index (κ2) is 12.4. The van der Waals surface area contributed by atoms with Gasteiger partial charge in [0.15, 0.2) is 11.4 Å². The fraction of sp³-hybridized carbons (Fsp3) is 0. The average Bonchev–Trinajstić information content (AvgIpc) is 3.95. The van der Waals surface area contributed by atoms with E-state index in [-0.39, 0.29) is 0 Å². The largest absolute Gasteiger partial charge is 0.454 e. The van der Waals surface area contributed by atoms with Gasteiger partial charge in [0.25, 0.3) is 0 Å². The Balaban J connectivity index is 1.12. The van der Waals surface area contributed by atoms with Crippen molar-refractivity contribution >= 4 is 65.6 Å². The topological polar surface area (TPSA) is 48.8 Å². The highest BCUT2D eigenvalue weighted by Crippen LogP contribution is 2.44. The predicted molar refractivity (Wildman–Crippen MR) is 234 cm³/mol. The van der Waals surface area contributed by atoms with E-state index in [4.69, 9.17) is 14.4 Å². The number of hydrogen-bond donors (Lipinski definition) is 0. The standard InChI is InChI=1S/C52H32N4O/c1-4-15-33(16-5-1)43-32-44(54-52(53-43)34-17-6-2-7-18-34)35-27-28-39-42-23-14-26-47(51(42)57-48(39)31-35)56-46-25-13-11-22-38(46)41-30-29-40-37-21-10-12-24-45(37)55(49(40)50(41)56)36-19-8-3-9-20-36/h1-32H. The molecule has 0 aliphatic heterocycles. The highest BCUT2D eigenvalue weighted by atomic mass is 16.3. The lowest BCUT2D eigenvalue weighted by Crippen LogP contribution is -1.98. The second-order valence-electron chi connectivity index (χ2n) is 14.6. The van der Waals surface area contributed by atoms with Crippen molar-refractivity contribution in [2.75, 3.05) is 0 Å². The molecule has 0 bridgehead atoms. The molecule has 0 unspecified atom stereocenters. The molecule has 5 heteroatoms. The minimum Gasteiger partial charge on any atom is -0.454 e. The van der Waals surface area contributed by atoms with Crippen LogP contribution in [0.2, 0.25) is 0 Å². The summed E-state index contributed by atoms with van der Waals surface area (Å²) < 4.78 is 11.8. The van der Waals surface area contributed by atoms with Crippen LogP contribution in [0.3, 0.4) is 0 Å². The maximum atomic E-state index is 7.01. The minimum absolute atomic E-state index is 0.685. The molecule has 0 N–H and O–H groups in total. The first-order valence-electron chi connectivity index (χ1n) is 19.3. The Morgan fingerprint density at radius 1 is 0.368 bits per heavy atom. The van der Waals surface area contributed by atoms with E-state index >= 15 is 0 Å². The molecule has 5 nitrogen and oxygen atoms in total. The van der Waals surface area contributed by atoms with Gasteiger partial charge in [0.05, 0.1) is 39.1 Å². The van der Waals surface area contributed by atoms with Gasteiger partial charge in [0.1, 0.15) is 5.58 Å². The summed E-state index contributed by atoms with van der Waals surface area (Å²) in [5, 5.41) is 6.94. The van der Waals surface area contributed by atoms with Gasteiger partial charge in [-0.2, -0.15) is 0 Å². The SMILES string of the molecule is c1ccc(-c2cc(-c3ccc4c(c3)oc3c(-n5c6ccccc6c6ccc7c8ccccc8n(-c8ccccc8)c7c65)cccc34)nc(-c3ccccc3)n2)cc1. The molecule has 0 atom stereocenters. The predicted octanol–water partition coefficient (Wildman–Crippen LogP) is 13.6. The van der Waals surface area contributed by atoms with Crippen LogP contribution in [-0.4, -0.2) is 19.1 Å². The summed E-state index contributed by atoms with van der Waals surface area (Å²) >= 11 is 0. The van der Waals surface area contributed by atoms with Gasteiger partial charge in [-0.3, -0.25) is 0 Å². The zero-order valence-electron chi connectivity index (χ0n) is 30.7. The normalized spacial score (nSPS) is 11.9. The van der Waals surface area contributed by atoms with Gasteiger partial charge < -0.3 is 13.6 Å². The van der Waals surface area contributed by atoms with Crippen molar-refractivity contribution in [2.24, 2.45) is 0 Å². The number of hydrogen-bond acceptors (Lipinski definition) is 3. The second-order valence-corrected chi connectivity index (χ2v) is 14.6. The van der Waals surface area contributed by atoms with Crippen LogP contribution in [0, 0.1) is 0 Å². The molecule has 0 saturated heterocycles. The Morgan fingerprint density at radius 2 is 0.912 bits per heavy atom. The van der Waals surface area contributed by atoms with Gasteiger partial charge in [-0.25, -0.2) is 9.97 Å². The van der Waals surface area contributed by atoms with Gasteiger partial charge in [0, 0.05) is 54.7 Å². The van der Waals surface area contributed by atoms with Gasteiger partial charge in [-0.15, -0.1) is 0 Å². The molecule has 4 heterocycles. The van der Waals surface area contributed by atoms with Crippen molar-refractivity contribution in [3.8, 4) is 45.3 Å². The number of nitrogens with zero attached hydrogens (tertiary/aromatic N) is 4. The van der Waals surface area contributed by atoms with Crippen molar-refractivity contribution in [1.82, 2.24) is 19.1 Å². The fourth-order valence-electron chi connectivity index (χ4n) is 8.78. The van der Waals surface area contributed by atoms with Crippen LogP contribution in [0.1, 0.15) is 0 Å². The molecule has 0 radical (unpaired) electrons. The molecule has 12 aromatic rings. The van der Waals surface area contributed by atoms with Crippen molar-refractivity contribution < 1.29 is 4.42 Å². The van der Waals surface area contributed by atoms with Crippen LogP contribution in [0.25, 0.3) is 111 Å². The lowest BCUT2D eigenvalue weighted by atomic mass is 10.0. The lowest BCUT2D eigenvalue weighted by Gasteiger charge is -2.12. The van der Waals surface area contributed by atoms with Gasteiger partial charge in [-0.1, -0.05) is 146 Å². The number of fused-ring (bicyclic) bond motifs is 10. The van der Waals surface area contributed by atoms with Crippen LogP contribution in [-0.2, 0) is 0 Å². The monoisotopic (exact) mass is 728 g/mol. The molecular weight excluding hydrogens is 697 g/mol. The van der Waals surface area contributed by atoms with Crippen molar-refractivity contribution in [3.63, 3.8) is 0 Å². The zero-order valence-corrected chi connectivity index (χ0v) is 30.7. The Morgan fingerprint density at radius 3 is 1.61 bits per heavy atom. The molecule has 266 valence electrons. The lowest BCUT2D eigenvalue weighted by molar-refractivity contribution is 0.666. The summed E-state index contributed by atoms with van der Waals surface area (Å²) in [6, 6.07) is 68.2. The Hall–Kier alpha value is -7.76. The number of aromatic nitrogens is 4. The number of benzene rings is 8. The third kappa shape index (κ3) is 4.82. The molecule has 57 heavy (non-hydrogen) atoms. The maximum Gasteiger partial charge on any atom is 0.160 e. The summed E-state index contributed by atoms with van der Waals surface area (Å²) in [7, 11) is 0. The van der Waals surface area contributed by atoms with E-state index in [1.54, 1.807) is 0 Å². The molecule has 8 aromatic carbocycles. The van der Waals surface area contributed by atoms with Crippen LogP contribution in [0.4, 0.5) is 0 Å². The molecular formula is C52H32N4O. The van der Waals surface area contributed by atoms with Gasteiger partial charge in [-0.05, 0) is 48.5 Å². The van der Waals surface area contributed by atoms with Crippen molar-refractivity contribution in [2.45, 2.75) is 0 Å². The number of para-hydroxylation sites is 4.